The minimum atomic E-state index is 0.821. The number of aromatic nitrogens is 1. The maximum Gasteiger partial charge on any atom is 0.0732 e. The van der Waals surface area contributed by atoms with Crippen LogP contribution in [0.15, 0.2) is 42.5 Å². The fraction of sp³-hybridized carbons (Fsp3) is 0.381. The van der Waals surface area contributed by atoms with Crippen LogP contribution in [-0.2, 0) is 6.42 Å². The highest BCUT2D eigenvalue weighted by Crippen LogP contribution is 2.26. The number of hydrogen-bond acceptors (Lipinski definition) is 2. The van der Waals surface area contributed by atoms with Gasteiger partial charge < -0.3 is 5.73 Å². The quantitative estimate of drug-likeness (QED) is 0.336. The largest absolute Gasteiger partial charge is 0.399 e. The second kappa shape index (κ2) is 7.45. The maximum atomic E-state index is 6.10. The highest BCUT2D eigenvalue weighted by atomic mass is 14.7. The number of para-hydroxylation sites is 1. The Morgan fingerprint density at radius 1 is 0.870 bits per heavy atom. The van der Waals surface area contributed by atoms with Crippen molar-refractivity contribution in [2.75, 3.05) is 5.73 Å². The van der Waals surface area contributed by atoms with Crippen molar-refractivity contribution >= 4 is 27.5 Å². The van der Waals surface area contributed by atoms with Gasteiger partial charge in [0.05, 0.1) is 11.0 Å². The number of hydrogen-bond donors (Lipinski definition) is 1. The monoisotopic (exact) mass is 306 g/mol. The van der Waals surface area contributed by atoms with E-state index in [1.165, 1.54) is 54.9 Å². The number of anilines is 1. The Balaban J connectivity index is 1.82. The predicted octanol–water partition coefficient (Wildman–Crippen LogP) is 5.87. The van der Waals surface area contributed by atoms with E-state index in [0.717, 1.165) is 23.1 Å². The molecule has 0 saturated carbocycles. The molecule has 0 aliphatic heterocycles. The van der Waals surface area contributed by atoms with Gasteiger partial charge >= 0.3 is 0 Å². The van der Waals surface area contributed by atoms with Crippen LogP contribution in [0.2, 0.25) is 0 Å². The molecule has 0 saturated heterocycles. The Morgan fingerprint density at radius 3 is 2.52 bits per heavy atom. The Labute approximate surface area is 138 Å². The average Bonchev–Trinajstić information content (AvgIpc) is 2.56. The normalized spacial score (nSPS) is 11.3. The summed E-state index contributed by atoms with van der Waals surface area (Å²) in [6, 6.07) is 14.7. The van der Waals surface area contributed by atoms with Gasteiger partial charge in [-0.05, 0) is 42.7 Å². The molecule has 2 aromatic carbocycles. The van der Waals surface area contributed by atoms with Crippen LogP contribution in [0.1, 0.15) is 51.0 Å². The number of pyridine rings is 1. The Bertz CT molecular complexity index is 792. The summed E-state index contributed by atoms with van der Waals surface area (Å²) in [4.78, 5) is 4.79. The zero-order chi connectivity index (χ0) is 16.1. The number of benzene rings is 2. The van der Waals surface area contributed by atoms with Gasteiger partial charge in [0, 0.05) is 16.5 Å². The number of aryl methyl sites for hydroxylation is 1. The van der Waals surface area contributed by atoms with E-state index in [1.54, 1.807) is 0 Å². The molecule has 0 fully saturated rings. The van der Waals surface area contributed by atoms with Crippen LogP contribution in [0.5, 0.6) is 0 Å². The fourth-order valence-electron chi connectivity index (χ4n) is 3.28. The Kier molecular flexibility index (Phi) is 5.12. The first-order chi connectivity index (χ1) is 11.3. The summed E-state index contributed by atoms with van der Waals surface area (Å²) in [5.41, 5.74) is 10.3. The van der Waals surface area contributed by atoms with Crippen LogP contribution in [0.25, 0.3) is 21.8 Å². The van der Waals surface area contributed by atoms with Gasteiger partial charge in [-0.2, -0.15) is 0 Å². The van der Waals surface area contributed by atoms with E-state index in [0.29, 0.717) is 0 Å². The number of unbranched alkanes of at least 4 members (excludes halogenated alkanes) is 5. The fourth-order valence-corrected chi connectivity index (χ4v) is 3.28. The molecule has 1 aromatic heterocycles. The lowest BCUT2D eigenvalue weighted by atomic mass is 9.99. The predicted molar refractivity (Wildman–Crippen MR) is 101 cm³/mol. The van der Waals surface area contributed by atoms with Crippen LogP contribution in [-0.4, -0.2) is 4.98 Å². The molecule has 0 unspecified atom stereocenters. The third kappa shape index (κ3) is 3.82. The molecule has 0 atom stereocenters. The van der Waals surface area contributed by atoms with E-state index in [4.69, 9.17) is 10.7 Å². The molecule has 0 amide bonds. The highest BCUT2D eigenvalue weighted by Gasteiger charge is 2.06. The average molecular weight is 306 g/mol. The van der Waals surface area contributed by atoms with Crippen LogP contribution in [0, 0.1) is 0 Å². The van der Waals surface area contributed by atoms with Crippen LogP contribution < -0.4 is 5.73 Å². The second-order valence-electron chi connectivity index (χ2n) is 6.45. The molecule has 0 bridgehead atoms. The molecule has 1 heterocycles. The number of nitrogens with zero attached hydrogens (tertiary/aromatic N) is 1. The van der Waals surface area contributed by atoms with Gasteiger partial charge in [-0.3, -0.25) is 0 Å². The van der Waals surface area contributed by atoms with Gasteiger partial charge in [0.15, 0.2) is 0 Å². The molecule has 120 valence electrons. The summed E-state index contributed by atoms with van der Waals surface area (Å²) in [5.74, 6) is 0. The molecule has 0 aliphatic carbocycles. The topological polar surface area (TPSA) is 38.9 Å². The molecule has 2 heteroatoms. The summed E-state index contributed by atoms with van der Waals surface area (Å²) in [6.45, 7) is 2.26. The van der Waals surface area contributed by atoms with Crippen molar-refractivity contribution in [3.05, 3.63) is 48.0 Å². The minimum absolute atomic E-state index is 0.821. The Hall–Kier alpha value is -2.09. The van der Waals surface area contributed by atoms with Gasteiger partial charge in [-0.25, -0.2) is 4.98 Å². The molecule has 23 heavy (non-hydrogen) atoms. The smallest absolute Gasteiger partial charge is 0.0732 e. The Morgan fingerprint density at radius 2 is 1.65 bits per heavy atom. The molecule has 3 aromatic rings. The standard InChI is InChI=1S/C21H26N2/c1-2-3-4-5-6-7-10-16-13-18(22)15-21-19(16)14-17-11-8-9-12-20(17)23-21/h8-9,11-15H,2-7,10,22H2,1H3. The van der Waals surface area contributed by atoms with Crippen LogP contribution >= 0.6 is 0 Å². The first kappa shape index (κ1) is 15.8. The van der Waals surface area contributed by atoms with E-state index in [-0.39, 0.29) is 0 Å². The lowest BCUT2D eigenvalue weighted by molar-refractivity contribution is 0.608. The molecule has 2 nitrogen and oxygen atoms in total. The molecular weight excluding hydrogens is 280 g/mol. The summed E-state index contributed by atoms with van der Waals surface area (Å²) in [7, 11) is 0. The first-order valence-electron chi connectivity index (χ1n) is 8.86. The maximum absolute atomic E-state index is 6.10. The van der Waals surface area contributed by atoms with E-state index in [2.05, 4.69) is 37.3 Å². The summed E-state index contributed by atoms with van der Waals surface area (Å²) >= 11 is 0. The van der Waals surface area contributed by atoms with Crippen molar-refractivity contribution < 1.29 is 0 Å². The molecular formula is C21H26N2. The van der Waals surface area contributed by atoms with Crippen molar-refractivity contribution in [1.82, 2.24) is 4.98 Å². The summed E-state index contributed by atoms with van der Waals surface area (Å²) < 4.78 is 0. The zero-order valence-electron chi connectivity index (χ0n) is 14.0. The van der Waals surface area contributed by atoms with Gasteiger partial charge in [0.25, 0.3) is 0 Å². The third-order valence-corrected chi connectivity index (χ3v) is 4.54. The van der Waals surface area contributed by atoms with Gasteiger partial charge in [0.2, 0.25) is 0 Å². The molecule has 0 aliphatic rings. The van der Waals surface area contributed by atoms with Crippen molar-refractivity contribution in [3.8, 4) is 0 Å². The van der Waals surface area contributed by atoms with Crippen molar-refractivity contribution in [2.45, 2.75) is 51.9 Å². The number of rotatable bonds is 7. The molecule has 3 rings (SSSR count). The molecule has 0 spiro atoms. The number of nitrogen functional groups attached to an aromatic ring is 1. The van der Waals surface area contributed by atoms with E-state index >= 15 is 0 Å². The van der Waals surface area contributed by atoms with Crippen LogP contribution in [0.4, 0.5) is 5.69 Å². The summed E-state index contributed by atoms with van der Waals surface area (Å²) in [6.07, 6.45) is 8.99. The second-order valence-corrected chi connectivity index (χ2v) is 6.45. The van der Waals surface area contributed by atoms with E-state index < -0.39 is 0 Å². The highest BCUT2D eigenvalue weighted by molar-refractivity contribution is 5.95. The molecule has 2 N–H and O–H groups in total. The third-order valence-electron chi connectivity index (χ3n) is 4.54. The van der Waals surface area contributed by atoms with Crippen molar-refractivity contribution in [2.24, 2.45) is 0 Å². The summed E-state index contributed by atoms with van der Waals surface area (Å²) in [5, 5.41) is 2.46. The SMILES string of the molecule is CCCCCCCCc1cc(N)cc2nc3ccccc3cc12. The number of nitrogens with two attached hydrogens (primary N) is 1. The minimum Gasteiger partial charge on any atom is -0.399 e. The van der Waals surface area contributed by atoms with Crippen molar-refractivity contribution in [3.63, 3.8) is 0 Å². The van der Waals surface area contributed by atoms with Gasteiger partial charge in [0.1, 0.15) is 0 Å². The van der Waals surface area contributed by atoms with E-state index in [9.17, 15) is 0 Å². The lowest BCUT2D eigenvalue weighted by Gasteiger charge is -2.09. The van der Waals surface area contributed by atoms with Crippen molar-refractivity contribution in [1.29, 1.82) is 0 Å². The van der Waals surface area contributed by atoms with E-state index in [1.807, 2.05) is 12.1 Å². The van der Waals surface area contributed by atoms with Crippen LogP contribution in [0.3, 0.4) is 0 Å². The lowest BCUT2D eigenvalue weighted by Crippen LogP contribution is -1.94. The van der Waals surface area contributed by atoms with Gasteiger partial charge in [-0.15, -0.1) is 0 Å². The first-order valence-corrected chi connectivity index (χ1v) is 8.86. The van der Waals surface area contributed by atoms with Gasteiger partial charge in [-0.1, -0.05) is 57.2 Å². The number of fused-ring (bicyclic) bond motifs is 2. The zero-order valence-corrected chi connectivity index (χ0v) is 14.0. The molecule has 0 radical (unpaired) electrons.